The van der Waals surface area contributed by atoms with Crippen molar-refractivity contribution in [3.8, 4) is 11.5 Å². The number of carbonyl (C=O) groups is 2. The molecule has 0 amide bonds. The lowest BCUT2D eigenvalue weighted by Crippen LogP contribution is -2.39. The number of nitrogens with zero attached hydrogens (tertiary/aromatic N) is 2. The molecule has 1 unspecified atom stereocenters. The molecule has 0 bridgehead atoms. The van der Waals surface area contributed by atoms with Crippen LogP contribution in [0.4, 0.5) is 0 Å². The fourth-order valence-electron chi connectivity index (χ4n) is 3.97. The molecule has 1 aromatic heterocycles. The average Bonchev–Trinajstić information content (AvgIpc) is 3.20. The molecule has 2 aromatic carbocycles. The molecule has 0 fully saturated rings. The lowest BCUT2D eigenvalue weighted by Gasteiger charge is -2.24. The Morgan fingerprint density at radius 3 is 2.39 bits per heavy atom. The van der Waals surface area contributed by atoms with Crippen LogP contribution in [0.3, 0.4) is 0 Å². The number of rotatable bonds is 10. The first-order valence-electron chi connectivity index (χ1n) is 11.8. The van der Waals surface area contributed by atoms with Crippen LogP contribution in [0.5, 0.6) is 11.5 Å². The molecule has 1 atom stereocenters. The number of fused-ring (bicyclic) bond motifs is 1. The fourth-order valence-corrected chi connectivity index (χ4v) is 5.01. The van der Waals surface area contributed by atoms with E-state index >= 15 is 0 Å². The van der Waals surface area contributed by atoms with Crippen LogP contribution in [0, 0.1) is 0 Å². The van der Waals surface area contributed by atoms with Crippen molar-refractivity contribution in [2.75, 3.05) is 19.8 Å². The summed E-state index contributed by atoms with van der Waals surface area (Å²) in [5.41, 5.74) is 1.91. The number of allylic oxidation sites excluding steroid dienone is 1. The molecule has 0 radical (unpaired) electrons. The van der Waals surface area contributed by atoms with Gasteiger partial charge < -0.3 is 19.3 Å². The zero-order valence-corrected chi connectivity index (χ0v) is 21.7. The first kappa shape index (κ1) is 26.6. The van der Waals surface area contributed by atoms with Gasteiger partial charge in [0.25, 0.3) is 5.56 Å². The van der Waals surface area contributed by atoms with E-state index in [0.717, 1.165) is 5.56 Å². The van der Waals surface area contributed by atoms with Crippen LogP contribution in [0.1, 0.15) is 31.0 Å². The number of carboxylic acids is 1. The molecule has 0 saturated heterocycles. The van der Waals surface area contributed by atoms with Crippen molar-refractivity contribution in [1.82, 2.24) is 4.57 Å². The number of carboxylic acid groups (broad SMARTS) is 1. The monoisotopic (exact) mass is 534 g/mol. The Morgan fingerprint density at radius 2 is 1.76 bits per heavy atom. The average molecular weight is 535 g/mol. The van der Waals surface area contributed by atoms with Gasteiger partial charge in [0.2, 0.25) is 0 Å². The Hall–Kier alpha value is -4.44. The van der Waals surface area contributed by atoms with Gasteiger partial charge in [-0.1, -0.05) is 48.3 Å². The number of aliphatic carboxylic acids is 1. The molecule has 0 saturated carbocycles. The second-order valence-corrected chi connectivity index (χ2v) is 9.23. The van der Waals surface area contributed by atoms with Gasteiger partial charge in [0.05, 0.1) is 28.5 Å². The third kappa shape index (κ3) is 5.76. The maximum absolute atomic E-state index is 13.7. The Balaban J connectivity index is 1.78. The number of ether oxygens (including phenoxy) is 3. The maximum Gasteiger partial charge on any atom is 0.341 e. The zero-order chi connectivity index (χ0) is 27.2. The van der Waals surface area contributed by atoms with E-state index in [1.165, 1.54) is 15.9 Å². The summed E-state index contributed by atoms with van der Waals surface area (Å²) in [4.78, 5) is 42.4. The number of aromatic nitrogens is 1. The van der Waals surface area contributed by atoms with Crippen LogP contribution in [-0.4, -0.2) is 41.4 Å². The van der Waals surface area contributed by atoms with Crippen molar-refractivity contribution in [2.45, 2.75) is 19.9 Å². The van der Waals surface area contributed by atoms with Crippen LogP contribution >= 0.6 is 11.3 Å². The SMILES string of the molecule is C=CCOc1ccc(C2C(C(=O)OCC)=C(C)N=c3sc(=Cc4ccc(OCC(=O)O)cc4)c(=O)n32)cc1. The zero-order valence-electron chi connectivity index (χ0n) is 20.9. The molecule has 0 aliphatic carbocycles. The Morgan fingerprint density at radius 1 is 1.11 bits per heavy atom. The van der Waals surface area contributed by atoms with E-state index in [4.69, 9.17) is 19.3 Å². The smallest absolute Gasteiger partial charge is 0.341 e. The Bertz CT molecular complexity index is 1570. The number of carbonyl (C=O) groups excluding carboxylic acids is 1. The van der Waals surface area contributed by atoms with Crippen molar-refractivity contribution in [3.63, 3.8) is 0 Å². The Labute approximate surface area is 222 Å². The predicted molar refractivity (Wildman–Crippen MR) is 142 cm³/mol. The van der Waals surface area contributed by atoms with E-state index in [9.17, 15) is 14.4 Å². The molecule has 4 rings (SSSR count). The van der Waals surface area contributed by atoms with Crippen LogP contribution in [0.15, 0.2) is 82.2 Å². The fraction of sp³-hybridized carbons (Fsp3) is 0.214. The van der Waals surface area contributed by atoms with E-state index < -0.39 is 24.6 Å². The second-order valence-electron chi connectivity index (χ2n) is 8.22. The highest BCUT2D eigenvalue weighted by Crippen LogP contribution is 2.31. The minimum atomic E-state index is -1.07. The summed E-state index contributed by atoms with van der Waals surface area (Å²) in [6, 6.07) is 13.2. The molecule has 0 spiro atoms. The topological polar surface area (TPSA) is 116 Å². The van der Waals surface area contributed by atoms with E-state index in [1.807, 2.05) is 12.1 Å². The van der Waals surface area contributed by atoms with Crippen LogP contribution in [0.2, 0.25) is 0 Å². The van der Waals surface area contributed by atoms with Gasteiger partial charge in [-0.25, -0.2) is 14.6 Å². The molecule has 10 heteroatoms. The number of benzene rings is 2. The summed E-state index contributed by atoms with van der Waals surface area (Å²) in [5, 5.41) is 8.77. The van der Waals surface area contributed by atoms with Gasteiger partial charge in [0, 0.05) is 0 Å². The lowest BCUT2D eigenvalue weighted by molar-refractivity contribution is -0.140. The maximum atomic E-state index is 13.7. The minimum Gasteiger partial charge on any atom is -0.490 e. The molecular formula is C28H26N2O7S. The summed E-state index contributed by atoms with van der Waals surface area (Å²) in [5.74, 6) is -0.561. The van der Waals surface area contributed by atoms with Gasteiger partial charge in [-0.2, -0.15) is 0 Å². The summed E-state index contributed by atoms with van der Waals surface area (Å²) in [6.45, 7) is 7.20. The molecule has 1 aliphatic rings. The van der Waals surface area contributed by atoms with Gasteiger partial charge in [-0.05, 0) is 55.3 Å². The van der Waals surface area contributed by atoms with Crippen LogP contribution in [0.25, 0.3) is 6.08 Å². The molecular weight excluding hydrogens is 508 g/mol. The van der Waals surface area contributed by atoms with Crippen molar-refractivity contribution in [2.24, 2.45) is 4.99 Å². The standard InChI is InChI=1S/C28H26N2O7S/c1-4-14-36-20-12-8-19(9-13-20)25-24(27(34)35-5-2)17(3)29-28-30(25)26(33)22(38-28)15-18-6-10-21(11-7-18)37-16-23(31)32/h4,6-13,15,25H,1,5,14,16H2,2-3H3,(H,31,32). The number of thiazole rings is 1. The minimum absolute atomic E-state index is 0.188. The molecule has 2 heterocycles. The molecule has 38 heavy (non-hydrogen) atoms. The summed E-state index contributed by atoms with van der Waals surface area (Å²) in [7, 11) is 0. The molecule has 1 N–H and O–H groups in total. The van der Waals surface area contributed by atoms with E-state index in [1.54, 1.807) is 62.4 Å². The van der Waals surface area contributed by atoms with E-state index in [2.05, 4.69) is 11.6 Å². The summed E-state index contributed by atoms with van der Waals surface area (Å²) in [6.07, 6.45) is 3.37. The highest BCUT2D eigenvalue weighted by atomic mass is 32.1. The van der Waals surface area contributed by atoms with Crippen LogP contribution < -0.4 is 24.4 Å². The predicted octanol–water partition coefficient (Wildman–Crippen LogP) is 2.83. The van der Waals surface area contributed by atoms with Crippen molar-refractivity contribution < 1.29 is 28.9 Å². The first-order valence-corrected chi connectivity index (χ1v) is 12.6. The lowest BCUT2D eigenvalue weighted by atomic mass is 9.96. The third-order valence-electron chi connectivity index (χ3n) is 5.62. The van der Waals surface area contributed by atoms with E-state index in [-0.39, 0.29) is 12.2 Å². The summed E-state index contributed by atoms with van der Waals surface area (Å²) < 4.78 is 18.0. The van der Waals surface area contributed by atoms with E-state index in [0.29, 0.717) is 44.3 Å². The largest absolute Gasteiger partial charge is 0.490 e. The quantitative estimate of drug-likeness (QED) is 0.314. The summed E-state index contributed by atoms with van der Waals surface area (Å²) >= 11 is 1.22. The van der Waals surface area contributed by atoms with Crippen molar-refractivity contribution >= 4 is 29.4 Å². The van der Waals surface area contributed by atoms with Gasteiger partial charge in [-0.3, -0.25) is 9.36 Å². The number of hydrogen-bond donors (Lipinski definition) is 1. The third-order valence-corrected chi connectivity index (χ3v) is 6.60. The van der Waals surface area contributed by atoms with Crippen molar-refractivity contribution in [3.05, 3.63) is 103 Å². The number of esters is 1. The van der Waals surface area contributed by atoms with Crippen molar-refractivity contribution in [1.29, 1.82) is 0 Å². The Kier molecular flexibility index (Phi) is 8.22. The molecule has 9 nitrogen and oxygen atoms in total. The highest BCUT2D eigenvalue weighted by molar-refractivity contribution is 7.07. The molecule has 196 valence electrons. The highest BCUT2D eigenvalue weighted by Gasteiger charge is 2.33. The van der Waals surface area contributed by atoms with Gasteiger partial charge in [0.15, 0.2) is 11.4 Å². The van der Waals surface area contributed by atoms with Gasteiger partial charge in [0.1, 0.15) is 18.1 Å². The van der Waals surface area contributed by atoms with Gasteiger partial charge in [-0.15, -0.1) is 0 Å². The molecule has 3 aromatic rings. The normalized spacial score (nSPS) is 14.9. The van der Waals surface area contributed by atoms with Crippen LogP contribution in [-0.2, 0) is 14.3 Å². The van der Waals surface area contributed by atoms with Gasteiger partial charge >= 0.3 is 11.9 Å². The first-order chi connectivity index (χ1) is 18.3. The molecule has 1 aliphatic heterocycles. The second kappa shape index (κ2) is 11.7. The number of hydrogen-bond acceptors (Lipinski definition) is 8.